The monoisotopic (exact) mass is 373 g/mol. The van der Waals surface area contributed by atoms with Crippen molar-refractivity contribution in [3.63, 3.8) is 0 Å². The number of halogens is 1. The van der Waals surface area contributed by atoms with Crippen LogP contribution in [0.1, 0.15) is 49.4 Å². The third-order valence-electron chi connectivity index (χ3n) is 5.61. The molecular formula is C19H20ClN3O3. The van der Waals surface area contributed by atoms with Crippen LogP contribution in [0.2, 0.25) is 5.15 Å². The van der Waals surface area contributed by atoms with Gasteiger partial charge in [-0.2, -0.15) is 0 Å². The van der Waals surface area contributed by atoms with Crippen molar-refractivity contribution < 1.29 is 9.90 Å². The number of carboxylic acids is 1. The van der Waals surface area contributed by atoms with Crippen LogP contribution in [0.4, 0.5) is 5.82 Å². The minimum Gasteiger partial charge on any atom is -0.480 e. The van der Waals surface area contributed by atoms with Gasteiger partial charge >= 0.3 is 5.97 Å². The number of hydrogen-bond donors (Lipinski definition) is 2. The first-order chi connectivity index (χ1) is 12.5. The Bertz CT molecular complexity index is 904. The maximum atomic E-state index is 13.0. The molecule has 1 fully saturated rings. The van der Waals surface area contributed by atoms with Gasteiger partial charge in [-0.05, 0) is 24.8 Å². The standard InChI is InChI=1S/C19H20ClN3O3/c20-15-14-19(8-4-5-9-19)10-13(18(25)26)23(14)17(24)16(22-15)21-11-12-6-2-1-3-7-12/h1-3,6-7,13H,4-5,8-11H2,(H,21,22)(H,25,26)/t13-/m0/s1. The van der Waals surface area contributed by atoms with Gasteiger partial charge in [0.25, 0.3) is 5.56 Å². The molecule has 0 saturated heterocycles. The number of fused-ring (bicyclic) bond motifs is 2. The number of carboxylic acid groups (broad SMARTS) is 1. The Morgan fingerprint density at radius 1 is 1.31 bits per heavy atom. The lowest BCUT2D eigenvalue weighted by Crippen LogP contribution is -2.31. The largest absolute Gasteiger partial charge is 0.480 e. The normalized spacial score (nSPS) is 20.3. The molecule has 1 aromatic carbocycles. The topological polar surface area (TPSA) is 84.2 Å². The van der Waals surface area contributed by atoms with Gasteiger partial charge in [-0.3, -0.25) is 9.36 Å². The van der Waals surface area contributed by atoms with E-state index in [0.29, 0.717) is 18.7 Å². The zero-order valence-corrected chi connectivity index (χ0v) is 15.0. The molecule has 1 saturated carbocycles. The second-order valence-corrected chi connectivity index (χ2v) is 7.52. The first-order valence-corrected chi connectivity index (χ1v) is 9.23. The summed E-state index contributed by atoms with van der Waals surface area (Å²) in [5.74, 6) is -0.891. The highest BCUT2D eigenvalue weighted by atomic mass is 35.5. The quantitative estimate of drug-likeness (QED) is 0.858. The van der Waals surface area contributed by atoms with Gasteiger partial charge in [-0.25, -0.2) is 9.78 Å². The number of hydrogen-bond acceptors (Lipinski definition) is 4. The first kappa shape index (κ1) is 17.1. The highest BCUT2D eigenvalue weighted by molar-refractivity contribution is 6.30. The van der Waals surface area contributed by atoms with Crippen molar-refractivity contribution >= 4 is 23.4 Å². The van der Waals surface area contributed by atoms with E-state index in [4.69, 9.17) is 11.6 Å². The van der Waals surface area contributed by atoms with E-state index < -0.39 is 17.6 Å². The van der Waals surface area contributed by atoms with Crippen molar-refractivity contribution in [2.45, 2.75) is 50.1 Å². The molecule has 1 aliphatic carbocycles. The van der Waals surface area contributed by atoms with Crippen LogP contribution in [0.5, 0.6) is 0 Å². The summed E-state index contributed by atoms with van der Waals surface area (Å²) in [6.07, 6.45) is 4.17. The van der Waals surface area contributed by atoms with Crippen LogP contribution in [0.25, 0.3) is 0 Å². The zero-order chi connectivity index (χ0) is 18.3. The fourth-order valence-electron chi connectivity index (χ4n) is 4.43. The number of anilines is 1. The van der Waals surface area contributed by atoms with Gasteiger partial charge in [0.1, 0.15) is 6.04 Å². The maximum Gasteiger partial charge on any atom is 0.326 e. The maximum absolute atomic E-state index is 13.0. The molecule has 1 spiro atoms. The Labute approximate surface area is 155 Å². The van der Waals surface area contributed by atoms with Crippen molar-refractivity contribution in [2.75, 3.05) is 5.32 Å². The molecule has 1 atom stereocenters. The van der Waals surface area contributed by atoms with Crippen LogP contribution in [0.3, 0.4) is 0 Å². The Morgan fingerprint density at radius 3 is 2.65 bits per heavy atom. The average molecular weight is 374 g/mol. The van der Waals surface area contributed by atoms with Crippen molar-refractivity contribution in [3.05, 3.63) is 57.1 Å². The number of nitrogens with one attached hydrogen (secondary N) is 1. The SMILES string of the molecule is O=C(O)[C@@H]1CC2(CCCC2)c2c(Cl)nc(NCc3ccccc3)c(=O)n21. The molecule has 1 aromatic heterocycles. The Kier molecular flexibility index (Phi) is 4.23. The lowest BCUT2D eigenvalue weighted by molar-refractivity contribution is -0.141. The second-order valence-electron chi connectivity index (χ2n) is 7.16. The summed E-state index contributed by atoms with van der Waals surface area (Å²) < 4.78 is 1.37. The summed E-state index contributed by atoms with van der Waals surface area (Å²) in [4.78, 5) is 29.1. The van der Waals surface area contributed by atoms with Gasteiger partial charge in [0.2, 0.25) is 0 Å². The summed E-state index contributed by atoms with van der Waals surface area (Å²) in [6.45, 7) is 0.418. The molecule has 1 aliphatic heterocycles. The molecule has 0 unspecified atom stereocenters. The minimum absolute atomic E-state index is 0.101. The molecule has 6 nitrogen and oxygen atoms in total. The fraction of sp³-hybridized carbons (Fsp3) is 0.421. The fourth-order valence-corrected chi connectivity index (χ4v) is 4.81. The van der Waals surface area contributed by atoms with Crippen molar-refractivity contribution in [1.82, 2.24) is 9.55 Å². The van der Waals surface area contributed by atoms with Crippen LogP contribution < -0.4 is 10.9 Å². The van der Waals surface area contributed by atoms with E-state index in [1.54, 1.807) is 0 Å². The predicted octanol–water partition coefficient (Wildman–Crippen LogP) is 3.35. The van der Waals surface area contributed by atoms with E-state index in [-0.39, 0.29) is 16.4 Å². The average Bonchev–Trinajstić information content (AvgIpc) is 3.24. The number of nitrogens with zero attached hydrogens (tertiary/aromatic N) is 2. The van der Waals surface area contributed by atoms with E-state index in [2.05, 4.69) is 10.3 Å². The van der Waals surface area contributed by atoms with Gasteiger partial charge in [0, 0.05) is 12.0 Å². The van der Waals surface area contributed by atoms with Gasteiger partial charge < -0.3 is 10.4 Å². The second kappa shape index (κ2) is 6.43. The lowest BCUT2D eigenvalue weighted by atomic mass is 9.80. The molecule has 26 heavy (non-hydrogen) atoms. The summed E-state index contributed by atoms with van der Waals surface area (Å²) in [7, 11) is 0. The van der Waals surface area contributed by atoms with E-state index in [1.165, 1.54) is 4.57 Å². The summed E-state index contributed by atoms with van der Waals surface area (Å²) >= 11 is 6.46. The number of benzene rings is 1. The Hall–Kier alpha value is -2.34. The first-order valence-electron chi connectivity index (χ1n) is 8.85. The molecule has 0 radical (unpaired) electrons. The van der Waals surface area contributed by atoms with Crippen LogP contribution in [0, 0.1) is 0 Å². The third kappa shape index (κ3) is 2.69. The highest BCUT2D eigenvalue weighted by Gasteiger charge is 2.50. The van der Waals surface area contributed by atoms with E-state index in [0.717, 1.165) is 31.2 Å². The van der Waals surface area contributed by atoms with E-state index in [1.807, 2.05) is 30.3 Å². The van der Waals surface area contributed by atoms with E-state index in [9.17, 15) is 14.7 Å². The van der Waals surface area contributed by atoms with Gasteiger partial charge in [0.05, 0.1) is 5.69 Å². The number of rotatable bonds is 4. The van der Waals surface area contributed by atoms with Crippen molar-refractivity contribution in [3.8, 4) is 0 Å². The predicted molar refractivity (Wildman–Crippen MR) is 98.7 cm³/mol. The van der Waals surface area contributed by atoms with Crippen molar-refractivity contribution in [2.24, 2.45) is 0 Å². The molecule has 4 rings (SSSR count). The molecule has 2 aliphatic rings. The summed E-state index contributed by atoms with van der Waals surface area (Å²) in [5.41, 5.74) is 0.873. The molecular weight excluding hydrogens is 354 g/mol. The summed E-state index contributed by atoms with van der Waals surface area (Å²) in [5, 5.41) is 12.9. The molecule has 2 N–H and O–H groups in total. The summed E-state index contributed by atoms with van der Waals surface area (Å²) in [6, 6.07) is 8.74. The Balaban J connectivity index is 1.76. The zero-order valence-electron chi connectivity index (χ0n) is 14.2. The molecule has 136 valence electrons. The third-order valence-corrected chi connectivity index (χ3v) is 5.88. The molecule has 2 heterocycles. The van der Waals surface area contributed by atoms with Crippen LogP contribution in [0.15, 0.2) is 35.1 Å². The number of aromatic nitrogens is 2. The smallest absolute Gasteiger partial charge is 0.326 e. The lowest BCUT2D eigenvalue weighted by Gasteiger charge is -2.23. The molecule has 7 heteroatoms. The van der Waals surface area contributed by atoms with Crippen molar-refractivity contribution in [1.29, 1.82) is 0 Å². The molecule has 0 bridgehead atoms. The molecule has 0 amide bonds. The minimum atomic E-state index is -0.992. The van der Waals surface area contributed by atoms with Gasteiger partial charge in [-0.1, -0.05) is 54.8 Å². The van der Waals surface area contributed by atoms with Crippen LogP contribution in [-0.4, -0.2) is 20.6 Å². The number of aliphatic carboxylic acids is 1. The van der Waals surface area contributed by atoms with E-state index >= 15 is 0 Å². The Morgan fingerprint density at radius 2 is 2.00 bits per heavy atom. The highest BCUT2D eigenvalue weighted by Crippen LogP contribution is 2.52. The van der Waals surface area contributed by atoms with Gasteiger partial charge in [-0.15, -0.1) is 0 Å². The van der Waals surface area contributed by atoms with Crippen LogP contribution >= 0.6 is 11.6 Å². The number of carbonyl (C=O) groups is 1. The van der Waals surface area contributed by atoms with Gasteiger partial charge in [0.15, 0.2) is 11.0 Å². The molecule has 2 aromatic rings. The van der Waals surface area contributed by atoms with Crippen LogP contribution in [-0.2, 0) is 16.8 Å².